The summed E-state index contributed by atoms with van der Waals surface area (Å²) in [6.07, 6.45) is 0.894. The molecule has 106 valence electrons. The molecule has 0 saturated heterocycles. The summed E-state index contributed by atoms with van der Waals surface area (Å²) >= 11 is 5.88. The Balaban J connectivity index is 2.30. The molecule has 0 saturated carbocycles. The lowest BCUT2D eigenvalue weighted by Crippen LogP contribution is -2.08. The predicted octanol–water partition coefficient (Wildman–Crippen LogP) is 3.51. The standard InChI is InChI=1S/C14H20ClNO3/c1-10(2)9-19-7-3-6-16-11-4-5-12(14(17)18)13(15)8-11/h4-5,8,10,16H,3,6-7,9H2,1-2H3,(H,17,18). The molecule has 1 aromatic rings. The highest BCUT2D eigenvalue weighted by molar-refractivity contribution is 6.33. The summed E-state index contributed by atoms with van der Waals surface area (Å²) in [7, 11) is 0. The molecule has 0 aliphatic heterocycles. The predicted molar refractivity (Wildman–Crippen MR) is 77.2 cm³/mol. The summed E-state index contributed by atoms with van der Waals surface area (Å²) < 4.78 is 5.46. The number of carboxylic acids is 1. The molecule has 4 nitrogen and oxygen atoms in total. The second-order valence-electron chi connectivity index (χ2n) is 4.75. The van der Waals surface area contributed by atoms with Crippen molar-refractivity contribution in [2.24, 2.45) is 5.92 Å². The molecule has 0 heterocycles. The third-order valence-corrected chi connectivity index (χ3v) is 2.76. The number of halogens is 1. The summed E-state index contributed by atoms with van der Waals surface area (Å²) in [5.41, 5.74) is 0.936. The first-order chi connectivity index (χ1) is 9.00. The lowest BCUT2D eigenvalue weighted by Gasteiger charge is -2.09. The zero-order valence-corrected chi connectivity index (χ0v) is 12.0. The van der Waals surface area contributed by atoms with E-state index in [1.54, 1.807) is 12.1 Å². The molecule has 1 aromatic carbocycles. The van der Waals surface area contributed by atoms with Gasteiger partial charge in [0.2, 0.25) is 0 Å². The van der Waals surface area contributed by atoms with Crippen LogP contribution in [0.2, 0.25) is 5.02 Å². The number of anilines is 1. The van der Waals surface area contributed by atoms with Crippen LogP contribution in [0.15, 0.2) is 18.2 Å². The molecule has 0 unspecified atom stereocenters. The quantitative estimate of drug-likeness (QED) is 0.718. The van der Waals surface area contributed by atoms with Gasteiger partial charge in [0.15, 0.2) is 0 Å². The summed E-state index contributed by atoms with van der Waals surface area (Å²) in [5.74, 6) is -0.464. The van der Waals surface area contributed by atoms with Gasteiger partial charge in [0.25, 0.3) is 0 Å². The van der Waals surface area contributed by atoms with Crippen LogP contribution in [0.5, 0.6) is 0 Å². The average molecular weight is 286 g/mol. The summed E-state index contributed by atoms with van der Waals surface area (Å²) in [5, 5.41) is 12.3. The lowest BCUT2D eigenvalue weighted by molar-refractivity contribution is 0.0697. The van der Waals surface area contributed by atoms with Crippen LogP contribution in [0.3, 0.4) is 0 Å². The number of ether oxygens (including phenoxy) is 1. The van der Waals surface area contributed by atoms with E-state index < -0.39 is 5.97 Å². The fourth-order valence-electron chi connectivity index (χ4n) is 1.52. The van der Waals surface area contributed by atoms with Crippen molar-refractivity contribution < 1.29 is 14.6 Å². The average Bonchev–Trinajstić information content (AvgIpc) is 2.32. The molecule has 0 amide bonds. The van der Waals surface area contributed by atoms with Gasteiger partial charge in [-0.3, -0.25) is 0 Å². The molecule has 0 fully saturated rings. The fraction of sp³-hybridized carbons (Fsp3) is 0.500. The Labute approximate surface area is 118 Å². The van der Waals surface area contributed by atoms with Gasteiger partial charge in [0, 0.05) is 25.4 Å². The van der Waals surface area contributed by atoms with Crippen molar-refractivity contribution in [1.29, 1.82) is 0 Å². The van der Waals surface area contributed by atoms with Crippen LogP contribution >= 0.6 is 11.6 Å². The molecule has 0 aliphatic rings. The molecule has 19 heavy (non-hydrogen) atoms. The minimum absolute atomic E-state index is 0.118. The Morgan fingerprint density at radius 1 is 1.47 bits per heavy atom. The molecule has 0 spiro atoms. The van der Waals surface area contributed by atoms with Crippen LogP contribution in [0.4, 0.5) is 5.69 Å². The first kappa shape index (κ1) is 15.8. The van der Waals surface area contributed by atoms with E-state index in [0.29, 0.717) is 12.5 Å². The molecule has 0 aromatic heterocycles. The minimum Gasteiger partial charge on any atom is -0.478 e. The topological polar surface area (TPSA) is 58.6 Å². The third kappa shape index (κ3) is 5.94. The normalized spacial score (nSPS) is 10.7. The third-order valence-electron chi connectivity index (χ3n) is 2.45. The second kappa shape index (κ2) is 8.02. The Bertz CT molecular complexity index is 421. The Hall–Kier alpha value is -1.26. The molecular weight excluding hydrogens is 266 g/mol. The number of benzene rings is 1. The summed E-state index contributed by atoms with van der Waals surface area (Å²) in [6, 6.07) is 4.84. The van der Waals surface area contributed by atoms with Gasteiger partial charge in [-0.15, -0.1) is 0 Å². The first-order valence-corrected chi connectivity index (χ1v) is 6.73. The molecule has 0 aliphatic carbocycles. The van der Waals surface area contributed by atoms with Gasteiger partial charge in [-0.05, 0) is 30.5 Å². The van der Waals surface area contributed by atoms with Crippen LogP contribution < -0.4 is 5.32 Å². The zero-order valence-electron chi connectivity index (χ0n) is 11.3. The maximum Gasteiger partial charge on any atom is 0.337 e. The highest BCUT2D eigenvalue weighted by atomic mass is 35.5. The SMILES string of the molecule is CC(C)COCCCNc1ccc(C(=O)O)c(Cl)c1. The van der Waals surface area contributed by atoms with Crippen molar-refractivity contribution in [3.05, 3.63) is 28.8 Å². The summed E-state index contributed by atoms with van der Waals surface area (Å²) in [4.78, 5) is 10.8. The van der Waals surface area contributed by atoms with Gasteiger partial charge < -0.3 is 15.2 Å². The Morgan fingerprint density at radius 2 is 2.21 bits per heavy atom. The van der Waals surface area contributed by atoms with Gasteiger partial charge >= 0.3 is 5.97 Å². The monoisotopic (exact) mass is 285 g/mol. The Morgan fingerprint density at radius 3 is 2.79 bits per heavy atom. The van der Waals surface area contributed by atoms with Crippen molar-refractivity contribution >= 4 is 23.3 Å². The van der Waals surface area contributed by atoms with Gasteiger partial charge in [0.05, 0.1) is 10.6 Å². The van der Waals surface area contributed by atoms with E-state index >= 15 is 0 Å². The fourth-order valence-corrected chi connectivity index (χ4v) is 1.79. The zero-order chi connectivity index (χ0) is 14.3. The van der Waals surface area contributed by atoms with E-state index in [2.05, 4.69) is 19.2 Å². The van der Waals surface area contributed by atoms with Crippen LogP contribution in [0.25, 0.3) is 0 Å². The minimum atomic E-state index is -1.02. The van der Waals surface area contributed by atoms with Gasteiger partial charge in [-0.25, -0.2) is 4.79 Å². The van der Waals surface area contributed by atoms with E-state index in [9.17, 15) is 4.79 Å². The highest BCUT2D eigenvalue weighted by Gasteiger charge is 2.08. The van der Waals surface area contributed by atoms with Crippen LogP contribution in [0.1, 0.15) is 30.6 Å². The van der Waals surface area contributed by atoms with Crippen LogP contribution in [-0.2, 0) is 4.74 Å². The number of nitrogens with one attached hydrogen (secondary N) is 1. The van der Waals surface area contributed by atoms with Crippen molar-refractivity contribution in [3.63, 3.8) is 0 Å². The van der Waals surface area contributed by atoms with Crippen LogP contribution in [0, 0.1) is 5.92 Å². The smallest absolute Gasteiger partial charge is 0.337 e. The maximum atomic E-state index is 10.8. The summed E-state index contributed by atoms with van der Waals surface area (Å²) in [6.45, 7) is 6.49. The highest BCUT2D eigenvalue weighted by Crippen LogP contribution is 2.20. The number of aromatic carboxylic acids is 1. The first-order valence-electron chi connectivity index (χ1n) is 6.35. The molecule has 1 rings (SSSR count). The van der Waals surface area contributed by atoms with Gasteiger partial charge in [-0.2, -0.15) is 0 Å². The van der Waals surface area contributed by atoms with E-state index in [-0.39, 0.29) is 10.6 Å². The van der Waals surface area contributed by atoms with Crippen molar-refractivity contribution in [2.45, 2.75) is 20.3 Å². The maximum absolute atomic E-state index is 10.8. The van der Waals surface area contributed by atoms with E-state index in [0.717, 1.165) is 25.3 Å². The van der Waals surface area contributed by atoms with Crippen molar-refractivity contribution in [1.82, 2.24) is 0 Å². The lowest BCUT2D eigenvalue weighted by atomic mass is 10.2. The number of carbonyl (C=O) groups is 1. The molecule has 5 heteroatoms. The van der Waals surface area contributed by atoms with Crippen LogP contribution in [-0.4, -0.2) is 30.8 Å². The van der Waals surface area contributed by atoms with Gasteiger partial charge in [-0.1, -0.05) is 25.4 Å². The molecule has 0 radical (unpaired) electrons. The Kier molecular flexibility index (Phi) is 6.67. The second-order valence-corrected chi connectivity index (χ2v) is 5.16. The number of rotatable bonds is 8. The molecular formula is C14H20ClNO3. The number of hydrogen-bond acceptors (Lipinski definition) is 3. The van der Waals surface area contributed by atoms with Crippen molar-refractivity contribution in [2.75, 3.05) is 25.1 Å². The van der Waals surface area contributed by atoms with E-state index in [1.807, 2.05) is 0 Å². The van der Waals surface area contributed by atoms with Gasteiger partial charge in [0.1, 0.15) is 0 Å². The van der Waals surface area contributed by atoms with E-state index in [1.165, 1.54) is 6.07 Å². The van der Waals surface area contributed by atoms with Crippen molar-refractivity contribution in [3.8, 4) is 0 Å². The molecule has 0 atom stereocenters. The molecule has 2 N–H and O–H groups in total. The largest absolute Gasteiger partial charge is 0.478 e. The number of hydrogen-bond donors (Lipinski definition) is 2. The van der Waals surface area contributed by atoms with E-state index in [4.69, 9.17) is 21.4 Å². The number of carboxylic acid groups (broad SMARTS) is 1. The molecule has 0 bridgehead atoms.